The first kappa shape index (κ1) is 13.6. The van der Waals surface area contributed by atoms with E-state index in [1.54, 1.807) is 0 Å². The number of hydrogen-bond donors (Lipinski definition) is 1. The number of benzene rings is 2. The number of para-hydroxylation sites is 1. The Morgan fingerprint density at radius 3 is 2.60 bits per heavy atom. The average Bonchev–Trinajstić information content (AvgIpc) is 2.79. The molecule has 0 fully saturated rings. The normalized spacial score (nSPS) is 12.8. The lowest BCUT2D eigenvalue weighted by Gasteiger charge is -2.08. The van der Waals surface area contributed by atoms with Gasteiger partial charge in [0, 0.05) is 22.4 Å². The van der Waals surface area contributed by atoms with Crippen LogP contribution in [0.1, 0.15) is 17.4 Å². The van der Waals surface area contributed by atoms with Crippen molar-refractivity contribution in [2.75, 3.05) is 0 Å². The van der Waals surface area contributed by atoms with Gasteiger partial charge in [0.15, 0.2) is 0 Å². The van der Waals surface area contributed by atoms with Crippen LogP contribution < -0.4 is 0 Å². The Bertz CT molecular complexity index is 734. The van der Waals surface area contributed by atoms with Crippen molar-refractivity contribution in [2.24, 2.45) is 7.05 Å². The smallest absolute Gasteiger partial charge is 0.102 e. The first-order valence-electron chi connectivity index (χ1n) is 6.49. The molecule has 102 valence electrons. The van der Waals surface area contributed by atoms with Crippen molar-refractivity contribution in [2.45, 2.75) is 12.5 Å². The summed E-state index contributed by atoms with van der Waals surface area (Å²) in [6.07, 6.45) is -0.000981. The summed E-state index contributed by atoms with van der Waals surface area (Å²) in [6, 6.07) is 16.2. The zero-order valence-electron chi connectivity index (χ0n) is 11.1. The molecule has 2 aromatic carbocycles. The number of aliphatic hydroxyl groups excluding tert-OH is 1. The van der Waals surface area contributed by atoms with Gasteiger partial charge in [0.2, 0.25) is 0 Å². The van der Waals surface area contributed by atoms with Crippen LogP contribution in [0.25, 0.3) is 10.9 Å². The molecule has 0 aliphatic rings. The van der Waals surface area contributed by atoms with E-state index in [-0.39, 0.29) is 0 Å². The third kappa shape index (κ3) is 2.58. The number of aryl methyl sites for hydroxylation is 1. The maximum atomic E-state index is 10.5. The monoisotopic (exact) mass is 378 g/mol. The molecule has 1 aromatic heterocycles. The Morgan fingerprint density at radius 2 is 1.85 bits per heavy atom. The van der Waals surface area contributed by atoms with E-state index in [1.807, 2.05) is 36.0 Å². The van der Waals surface area contributed by atoms with Crippen molar-refractivity contribution in [3.8, 4) is 0 Å². The summed E-state index contributed by atoms with van der Waals surface area (Å²) in [6.45, 7) is 0. The highest BCUT2D eigenvalue weighted by atomic mass is 127. The zero-order valence-corrected chi connectivity index (χ0v) is 13.3. The van der Waals surface area contributed by atoms with E-state index in [4.69, 9.17) is 0 Å². The molecule has 3 aromatic rings. The quantitative estimate of drug-likeness (QED) is 0.709. The maximum absolute atomic E-state index is 10.5. The van der Waals surface area contributed by atoms with Crippen molar-refractivity contribution < 1.29 is 5.11 Å². The van der Waals surface area contributed by atoms with Gasteiger partial charge in [-0.15, -0.1) is 0 Å². The number of nitrogens with zero attached hydrogens (tertiary/aromatic N) is 2. The molecule has 0 bridgehead atoms. The minimum Gasteiger partial charge on any atom is -0.386 e. The lowest BCUT2D eigenvalue weighted by atomic mass is 10.0. The predicted octanol–water partition coefficient (Wildman–Crippen LogP) is 3.45. The van der Waals surface area contributed by atoms with Crippen molar-refractivity contribution in [1.82, 2.24) is 9.78 Å². The van der Waals surface area contributed by atoms with Crippen LogP contribution in [0.4, 0.5) is 0 Å². The molecule has 1 unspecified atom stereocenters. The van der Waals surface area contributed by atoms with Crippen LogP contribution in [0.3, 0.4) is 0 Å². The van der Waals surface area contributed by atoms with E-state index in [9.17, 15) is 5.11 Å². The molecule has 0 saturated heterocycles. The molecule has 0 aliphatic carbocycles. The van der Waals surface area contributed by atoms with E-state index >= 15 is 0 Å². The highest BCUT2D eigenvalue weighted by Gasteiger charge is 2.16. The maximum Gasteiger partial charge on any atom is 0.102 e. The lowest BCUT2D eigenvalue weighted by molar-refractivity contribution is 0.174. The Kier molecular flexibility index (Phi) is 3.76. The van der Waals surface area contributed by atoms with Crippen LogP contribution in [-0.2, 0) is 13.5 Å². The largest absolute Gasteiger partial charge is 0.386 e. The van der Waals surface area contributed by atoms with Gasteiger partial charge in [0.05, 0.1) is 11.2 Å². The van der Waals surface area contributed by atoms with Crippen molar-refractivity contribution >= 4 is 33.5 Å². The van der Waals surface area contributed by atoms with Gasteiger partial charge in [0.1, 0.15) is 6.10 Å². The molecule has 3 rings (SSSR count). The van der Waals surface area contributed by atoms with Crippen molar-refractivity contribution in [3.05, 3.63) is 63.4 Å². The van der Waals surface area contributed by atoms with Crippen LogP contribution in [0.2, 0.25) is 0 Å². The fourth-order valence-corrected chi connectivity index (χ4v) is 2.79. The fraction of sp³-hybridized carbons (Fsp3) is 0.188. The first-order valence-corrected chi connectivity index (χ1v) is 7.57. The topological polar surface area (TPSA) is 38.0 Å². The van der Waals surface area contributed by atoms with E-state index in [0.717, 1.165) is 22.2 Å². The van der Waals surface area contributed by atoms with Gasteiger partial charge >= 0.3 is 0 Å². The van der Waals surface area contributed by atoms with Gasteiger partial charge in [-0.25, -0.2) is 0 Å². The van der Waals surface area contributed by atoms with Crippen LogP contribution in [-0.4, -0.2) is 14.9 Å². The molecule has 0 spiro atoms. The summed E-state index contributed by atoms with van der Waals surface area (Å²) < 4.78 is 3.02. The van der Waals surface area contributed by atoms with Crippen molar-refractivity contribution in [3.63, 3.8) is 0 Å². The highest BCUT2D eigenvalue weighted by Crippen LogP contribution is 2.25. The molecule has 3 nitrogen and oxygen atoms in total. The van der Waals surface area contributed by atoms with Gasteiger partial charge in [-0.05, 0) is 46.4 Å². The number of hydrogen-bond acceptors (Lipinski definition) is 2. The summed E-state index contributed by atoms with van der Waals surface area (Å²) >= 11 is 2.28. The average molecular weight is 378 g/mol. The molecule has 0 aliphatic heterocycles. The molecule has 0 amide bonds. The van der Waals surface area contributed by atoms with E-state index < -0.39 is 6.10 Å². The van der Waals surface area contributed by atoms with Crippen LogP contribution in [0.5, 0.6) is 0 Å². The minimum absolute atomic E-state index is 0.581. The minimum atomic E-state index is -0.582. The third-order valence-electron chi connectivity index (χ3n) is 3.44. The second kappa shape index (κ2) is 5.54. The molecular weight excluding hydrogens is 363 g/mol. The van der Waals surface area contributed by atoms with Gasteiger partial charge in [-0.1, -0.05) is 30.3 Å². The standard InChI is InChI=1S/C16H15IN2O/c1-19-14-5-3-2-4-13(14)16(18-19)15(20)10-11-6-8-12(17)9-7-11/h2-9,15,20H,10H2,1H3. The number of rotatable bonds is 3. The zero-order chi connectivity index (χ0) is 14.1. The third-order valence-corrected chi connectivity index (χ3v) is 4.16. The number of fused-ring (bicyclic) bond motifs is 1. The van der Waals surface area contributed by atoms with E-state index in [0.29, 0.717) is 6.42 Å². The molecule has 1 atom stereocenters. The first-order chi connectivity index (χ1) is 9.65. The summed E-state index contributed by atoms with van der Waals surface area (Å²) in [5.74, 6) is 0. The van der Waals surface area contributed by atoms with Gasteiger partial charge in [-0.3, -0.25) is 4.68 Å². The summed E-state index contributed by atoms with van der Waals surface area (Å²) in [5.41, 5.74) is 2.92. The van der Waals surface area contributed by atoms with Crippen LogP contribution >= 0.6 is 22.6 Å². The van der Waals surface area contributed by atoms with Crippen LogP contribution in [0, 0.1) is 3.57 Å². The Balaban J connectivity index is 1.92. The highest BCUT2D eigenvalue weighted by molar-refractivity contribution is 14.1. The molecule has 20 heavy (non-hydrogen) atoms. The summed E-state index contributed by atoms with van der Waals surface area (Å²) in [4.78, 5) is 0. The second-order valence-electron chi connectivity index (χ2n) is 4.87. The van der Waals surface area contributed by atoms with Gasteiger partial charge < -0.3 is 5.11 Å². The molecular formula is C16H15IN2O. The van der Waals surface area contributed by atoms with Gasteiger partial charge in [-0.2, -0.15) is 5.10 Å². The Hall–Kier alpha value is -1.40. The fourth-order valence-electron chi connectivity index (χ4n) is 2.43. The lowest BCUT2D eigenvalue weighted by Crippen LogP contribution is -2.04. The molecule has 4 heteroatoms. The van der Waals surface area contributed by atoms with E-state index in [2.05, 4.69) is 52.0 Å². The van der Waals surface area contributed by atoms with Gasteiger partial charge in [0.25, 0.3) is 0 Å². The molecule has 0 saturated carbocycles. The predicted molar refractivity (Wildman–Crippen MR) is 88.5 cm³/mol. The summed E-state index contributed by atoms with van der Waals surface area (Å²) in [5, 5.41) is 16.0. The van der Waals surface area contributed by atoms with Crippen molar-refractivity contribution in [1.29, 1.82) is 0 Å². The van der Waals surface area contributed by atoms with Crippen LogP contribution in [0.15, 0.2) is 48.5 Å². The number of aliphatic hydroxyl groups is 1. The number of halogens is 1. The molecule has 1 N–H and O–H groups in total. The molecule has 1 heterocycles. The van der Waals surface area contributed by atoms with E-state index in [1.165, 1.54) is 3.57 Å². The Morgan fingerprint density at radius 1 is 1.15 bits per heavy atom. The molecule has 0 radical (unpaired) electrons. The second-order valence-corrected chi connectivity index (χ2v) is 6.12. The Labute approximate surface area is 131 Å². The SMILES string of the molecule is Cn1nc(C(O)Cc2ccc(I)cc2)c2ccccc21. The summed E-state index contributed by atoms with van der Waals surface area (Å²) in [7, 11) is 1.91. The number of aromatic nitrogens is 2.